The average Bonchev–Trinajstić information content (AvgIpc) is 2.02. The van der Waals surface area contributed by atoms with Gasteiger partial charge in [-0.15, -0.1) is 0 Å². The lowest BCUT2D eigenvalue weighted by molar-refractivity contribution is 0.133. The Balaban J connectivity index is 2.58. The minimum Gasteiger partial charge on any atom is -0.316 e. The number of nitrogens with one attached hydrogen (secondary N) is 1. The van der Waals surface area contributed by atoms with Gasteiger partial charge in [-0.2, -0.15) is 0 Å². The van der Waals surface area contributed by atoms with E-state index in [2.05, 4.69) is 40.1 Å². The summed E-state index contributed by atoms with van der Waals surface area (Å²) in [5.74, 6) is 1.66. The van der Waals surface area contributed by atoms with Gasteiger partial charge in [0.05, 0.1) is 0 Å². The van der Waals surface area contributed by atoms with E-state index in [-0.39, 0.29) is 0 Å². The summed E-state index contributed by atoms with van der Waals surface area (Å²) in [5.41, 5.74) is 0.576. The van der Waals surface area contributed by atoms with Gasteiger partial charge in [-0.05, 0) is 43.6 Å². The van der Waals surface area contributed by atoms with E-state index in [1.54, 1.807) is 0 Å². The molecule has 1 N–H and O–H groups in total. The standard InChI is InChI=1S/C13H27N/c1-10(2)12(14-5)11-7-6-8-13(3,4)9-11/h10-12,14H,6-9H2,1-5H3. The Morgan fingerprint density at radius 2 is 1.93 bits per heavy atom. The second-order valence-electron chi connectivity index (χ2n) is 6.08. The third-order valence-corrected chi connectivity index (χ3v) is 3.80. The van der Waals surface area contributed by atoms with E-state index < -0.39 is 0 Å². The van der Waals surface area contributed by atoms with Crippen LogP contribution in [0.3, 0.4) is 0 Å². The van der Waals surface area contributed by atoms with Crippen molar-refractivity contribution in [3.8, 4) is 0 Å². The molecular formula is C13H27N. The zero-order valence-electron chi connectivity index (χ0n) is 10.6. The molecule has 0 aromatic rings. The van der Waals surface area contributed by atoms with Crippen LogP contribution < -0.4 is 5.32 Å². The number of rotatable bonds is 3. The molecular weight excluding hydrogens is 170 g/mol. The van der Waals surface area contributed by atoms with Crippen molar-refractivity contribution in [2.45, 2.75) is 59.4 Å². The summed E-state index contributed by atoms with van der Waals surface area (Å²) in [6, 6.07) is 0.717. The van der Waals surface area contributed by atoms with Crippen molar-refractivity contribution in [1.82, 2.24) is 5.32 Å². The maximum atomic E-state index is 3.51. The molecule has 0 aromatic heterocycles. The van der Waals surface area contributed by atoms with Crippen LogP contribution in [0.2, 0.25) is 0 Å². The summed E-state index contributed by atoms with van der Waals surface area (Å²) < 4.78 is 0. The molecule has 0 spiro atoms. The van der Waals surface area contributed by atoms with Gasteiger partial charge in [-0.1, -0.05) is 34.1 Å². The van der Waals surface area contributed by atoms with Crippen LogP contribution in [-0.2, 0) is 0 Å². The molecule has 1 aliphatic rings. The van der Waals surface area contributed by atoms with Crippen molar-refractivity contribution in [2.24, 2.45) is 17.3 Å². The Labute approximate surface area is 89.7 Å². The maximum absolute atomic E-state index is 3.51. The second kappa shape index (κ2) is 4.65. The molecule has 0 aliphatic heterocycles. The minimum absolute atomic E-state index is 0.576. The topological polar surface area (TPSA) is 12.0 Å². The molecule has 0 heterocycles. The lowest BCUT2D eigenvalue weighted by atomic mass is 9.68. The summed E-state index contributed by atoms with van der Waals surface area (Å²) in [6.07, 6.45) is 5.66. The molecule has 1 rings (SSSR count). The van der Waals surface area contributed by atoms with Crippen LogP contribution in [0.1, 0.15) is 53.4 Å². The SMILES string of the molecule is CNC(C(C)C)C1CCCC(C)(C)C1. The van der Waals surface area contributed by atoms with E-state index >= 15 is 0 Å². The molecule has 0 saturated heterocycles. The van der Waals surface area contributed by atoms with Gasteiger partial charge in [-0.3, -0.25) is 0 Å². The highest BCUT2D eigenvalue weighted by Gasteiger charge is 2.32. The Hall–Kier alpha value is -0.0400. The summed E-state index contributed by atoms with van der Waals surface area (Å²) >= 11 is 0. The minimum atomic E-state index is 0.576. The van der Waals surface area contributed by atoms with Crippen molar-refractivity contribution >= 4 is 0 Å². The van der Waals surface area contributed by atoms with Crippen LogP contribution in [0.25, 0.3) is 0 Å². The van der Waals surface area contributed by atoms with Gasteiger partial charge >= 0.3 is 0 Å². The van der Waals surface area contributed by atoms with Crippen LogP contribution in [-0.4, -0.2) is 13.1 Å². The smallest absolute Gasteiger partial charge is 0.0115 e. The van der Waals surface area contributed by atoms with Gasteiger partial charge in [-0.25, -0.2) is 0 Å². The fourth-order valence-electron chi connectivity index (χ4n) is 3.18. The zero-order valence-corrected chi connectivity index (χ0v) is 10.6. The molecule has 2 unspecified atom stereocenters. The fraction of sp³-hybridized carbons (Fsp3) is 1.00. The number of hydrogen-bond acceptors (Lipinski definition) is 1. The zero-order chi connectivity index (χ0) is 10.8. The molecule has 1 fully saturated rings. The van der Waals surface area contributed by atoms with Crippen LogP contribution >= 0.6 is 0 Å². The second-order valence-corrected chi connectivity index (χ2v) is 6.08. The Morgan fingerprint density at radius 1 is 1.29 bits per heavy atom. The van der Waals surface area contributed by atoms with E-state index in [0.717, 1.165) is 17.9 Å². The average molecular weight is 197 g/mol. The van der Waals surface area contributed by atoms with Crippen molar-refractivity contribution < 1.29 is 0 Å². The van der Waals surface area contributed by atoms with Gasteiger partial charge in [0.25, 0.3) is 0 Å². The van der Waals surface area contributed by atoms with E-state index in [4.69, 9.17) is 0 Å². The third-order valence-electron chi connectivity index (χ3n) is 3.80. The van der Waals surface area contributed by atoms with E-state index in [0.29, 0.717) is 5.41 Å². The molecule has 2 atom stereocenters. The van der Waals surface area contributed by atoms with Gasteiger partial charge in [0.1, 0.15) is 0 Å². The van der Waals surface area contributed by atoms with Crippen LogP contribution in [0.4, 0.5) is 0 Å². The van der Waals surface area contributed by atoms with E-state index in [1.807, 2.05) is 0 Å². The first kappa shape index (κ1) is 12.0. The first-order valence-electron chi connectivity index (χ1n) is 6.13. The van der Waals surface area contributed by atoms with Gasteiger partial charge in [0.15, 0.2) is 0 Å². The van der Waals surface area contributed by atoms with E-state index in [9.17, 15) is 0 Å². The molecule has 1 nitrogen and oxygen atoms in total. The molecule has 0 radical (unpaired) electrons. The predicted octanol–water partition coefficient (Wildman–Crippen LogP) is 3.45. The van der Waals surface area contributed by atoms with Gasteiger partial charge in [0.2, 0.25) is 0 Å². The van der Waals surface area contributed by atoms with Crippen molar-refractivity contribution in [3.63, 3.8) is 0 Å². The summed E-state index contributed by atoms with van der Waals surface area (Å²) in [5, 5.41) is 3.51. The predicted molar refractivity (Wildman–Crippen MR) is 63.4 cm³/mol. The molecule has 0 amide bonds. The molecule has 1 saturated carbocycles. The summed E-state index contributed by atoms with van der Waals surface area (Å²) in [6.45, 7) is 9.52. The Morgan fingerprint density at radius 3 is 2.36 bits per heavy atom. The lowest BCUT2D eigenvalue weighted by Gasteiger charge is -2.40. The van der Waals surface area contributed by atoms with Crippen LogP contribution in [0, 0.1) is 17.3 Å². The molecule has 1 aliphatic carbocycles. The van der Waals surface area contributed by atoms with Crippen molar-refractivity contribution in [2.75, 3.05) is 7.05 Å². The molecule has 14 heavy (non-hydrogen) atoms. The molecule has 0 bridgehead atoms. The van der Waals surface area contributed by atoms with Crippen LogP contribution in [0.15, 0.2) is 0 Å². The van der Waals surface area contributed by atoms with E-state index in [1.165, 1.54) is 25.7 Å². The highest BCUT2D eigenvalue weighted by atomic mass is 14.9. The molecule has 1 heteroatoms. The van der Waals surface area contributed by atoms with Gasteiger partial charge in [0, 0.05) is 6.04 Å². The molecule has 84 valence electrons. The first-order chi connectivity index (χ1) is 6.46. The van der Waals surface area contributed by atoms with Crippen molar-refractivity contribution in [3.05, 3.63) is 0 Å². The maximum Gasteiger partial charge on any atom is 0.0115 e. The summed E-state index contributed by atoms with van der Waals surface area (Å²) in [4.78, 5) is 0. The number of hydrogen-bond donors (Lipinski definition) is 1. The van der Waals surface area contributed by atoms with Crippen LogP contribution in [0.5, 0.6) is 0 Å². The fourth-order valence-corrected chi connectivity index (χ4v) is 3.18. The normalized spacial score (nSPS) is 29.1. The highest BCUT2D eigenvalue weighted by Crippen LogP contribution is 2.40. The monoisotopic (exact) mass is 197 g/mol. The van der Waals surface area contributed by atoms with Crippen molar-refractivity contribution in [1.29, 1.82) is 0 Å². The first-order valence-corrected chi connectivity index (χ1v) is 6.13. The van der Waals surface area contributed by atoms with Gasteiger partial charge < -0.3 is 5.32 Å². The lowest BCUT2D eigenvalue weighted by Crippen LogP contribution is -2.41. The third kappa shape index (κ3) is 2.98. The highest BCUT2D eigenvalue weighted by molar-refractivity contribution is 4.87. The largest absolute Gasteiger partial charge is 0.316 e. The Kier molecular flexibility index (Phi) is 4.00. The Bertz CT molecular complexity index is 172. The quantitative estimate of drug-likeness (QED) is 0.731. The molecule has 0 aromatic carbocycles. The summed E-state index contributed by atoms with van der Waals surface area (Å²) in [7, 11) is 2.12.